The van der Waals surface area contributed by atoms with Crippen LogP contribution in [-0.4, -0.2) is 71.4 Å². The Bertz CT molecular complexity index is 1640. The molecule has 4 atom stereocenters. The molecule has 7 rings (SSSR count). The van der Waals surface area contributed by atoms with E-state index in [1.165, 1.54) is 12.1 Å². The third-order valence-electron chi connectivity index (χ3n) is 9.53. The lowest BCUT2D eigenvalue weighted by molar-refractivity contribution is -0.161. The number of rotatable bonds is 5. The summed E-state index contributed by atoms with van der Waals surface area (Å²) in [5, 5.41) is 3.73. The first kappa shape index (κ1) is 30.5. The topological polar surface area (TPSA) is 79.5 Å². The van der Waals surface area contributed by atoms with E-state index in [2.05, 4.69) is 15.2 Å². The standard InChI is InChI=1S/C30H30ClF7N6O/c31-23-8-21-24(9-19(23)20-6-16(39)7-22(29(33,34)35)25(20)30(36,37)38)41-27(42-26(21)43-12-17-2-3-18(13-43)40-17)45-14-28-4-1-5-44(28)11-15(32)10-28/h6-9,15,17-18,40H,1-5,10-14,39H2/t15-,17?,18?,28+/m1/s1. The van der Waals surface area contributed by atoms with Crippen LogP contribution < -0.4 is 20.7 Å². The molecule has 2 bridgehead atoms. The van der Waals surface area contributed by atoms with Gasteiger partial charge in [0.25, 0.3) is 0 Å². The van der Waals surface area contributed by atoms with Crippen molar-refractivity contribution in [2.24, 2.45) is 0 Å². The number of nitrogens with two attached hydrogens (primary N) is 1. The van der Waals surface area contributed by atoms with Gasteiger partial charge in [0.05, 0.1) is 22.2 Å². The monoisotopic (exact) mass is 658 g/mol. The molecule has 242 valence electrons. The number of ether oxygens (including phenoxy) is 1. The molecule has 4 saturated heterocycles. The van der Waals surface area contributed by atoms with E-state index in [1.54, 1.807) is 0 Å². The summed E-state index contributed by atoms with van der Waals surface area (Å²) in [6, 6.07) is 4.07. The SMILES string of the molecule is Nc1cc(-c2cc3nc(OC[C@@]45CCCN4C[C@H](F)C5)nc(N4CC5CCC(C4)N5)c3cc2Cl)c(C(F)(F)F)c(C(F)(F)F)c1. The lowest BCUT2D eigenvalue weighted by atomic mass is 9.93. The van der Waals surface area contributed by atoms with Crippen LogP contribution in [0.1, 0.15) is 43.2 Å². The summed E-state index contributed by atoms with van der Waals surface area (Å²) < 4.78 is 105. The van der Waals surface area contributed by atoms with Crippen molar-refractivity contribution in [2.45, 2.75) is 68.3 Å². The molecule has 2 unspecified atom stereocenters. The van der Waals surface area contributed by atoms with Crippen molar-refractivity contribution in [3.8, 4) is 17.1 Å². The number of aromatic nitrogens is 2. The number of nitrogen functional groups attached to an aromatic ring is 1. The summed E-state index contributed by atoms with van der Waals surface area (Å²) in [5.74, 6) is 0.456. The van der Waals surface area contributed by atoms with Gasteiger partial charge in [-0.15, -0.1) is 0 Å². The Labute approximate surface area is 258 Å². The second-order valence-corrected chi connectivity index (χ2v) is 13.0. The van der Waals surface area contributed by atoms with Gasteiger partial charge in [-0.3, -0.25) is 4.90 Å². The Hall–Kier alpha value is -3.10. The van der Waals surface area contributed by atoms with Crippen LogP contribution in [0.3, 0.4) is 0 Å². The Morgan fingerprint density at radius 1 is 0.978 bits per heavy atom. The lowest BCUT2D eigenvalue weighted by Crippen LogP contribution is -2.51. The summed E-state index contributed by atoms with van der Waals surface area (Å²) in [4.78, 5) is 13.3. The van der Waals surface area contributed by atoms with Crippen LogP contribution >= 0.6 is 11.6 Å². The number of halogens is 8. The fourth-order valence-electron chi connectivity index (χ4n) is 7.65. The molecule has 4 aliphatic heterocycles. The number of nitrogens with zero attached hydrogens (tertiary/aromatic N) is 4. The number of anilines is 2. The highest BCUT2D eigenvalue weighted by molar-refractivity contribution is 6.34. The summed E-state index contributed by atoms with van der Waals surface area (Å²) in [6.07, 6.45) is -7.80. The van der Waals surface area contributed by atoms with Gasteiger partial charge in [0.15, 0.2) is 0 Å². The lowest BCUT2D eigenvalue weighted by Gasteiger charge is -2.34. The highest BCUT2D eigenvalue weighted by Gasteiger charge is 2.50. The molecule has 5 heterocycles. The molecule has 0 radical (unpaired) electrons. The zero-order valence-electron chi connectivity index (χ0n) is 23.9. The molecule has 3 aromatic rings. The molecule has 7 nitrogen and oxygen atoms in total. The van der Waals surface area contributed by atoms with E-state index in [0.717, 1.165) is 38.3 Å². The first-order chi connectivity index (χ1) is 21.2. The van der Waals surface area contributed by atoms with Gasteiger partial charge in [-0.1, -0.05) is 11.6 Å². The number of hydrogen-bond acceptors (Lipinski definition) is 7. The zero-order chi connectivity index (χ0) is 31.9. The molecule has 4 fully saturated rings. The van der Waals surface area contributed by atoms with Crippen molar-refractivity contribution in [3.05, 3.63) is 40.4 Å². The number of nitrogens with one attached hydrogen (secondary N) is 1. The molecule has 4 aliphatic rings. The van der Waals surface area contributed by atoms with Crippen LogP contribution in [0.2, 0.25) is 5.02 Å². The minimum Gasteiger partial charge on any atom is -0.461 e. The number of alkyl halides is 7. The van der Waals surface area contributed by atoms with Crippen molar-refractivity contribution in [2.75, 3.05) is 43.4 Å². The van der Waals surface area contributed by atoms with E-state index in [4.69, 9.17) is 27.1 Å². The highest BCUT2D eigenvalue weighted by Crippen LogP contribution is 2.48. The molecule has 0 aliphatic carbocycles. The summed E-state index contributed by atoms with van der Waals surface area (Å²) in [7, 11) is 0. The fourth-order valence-corrected chi connectivity index (χ4v) is 7.91. The van der Waals surface area contributed by atoms with Gasteiger partial charge >= 0.3 is 18.4 Å². The van der Waals surface area contributed by atoms with Gasteiger partial charge in [-0.25, -0.2) is 4.39 Å². The van der Waals surface area contributed by atoms with Crippen molar-refractivity contribution >= 4 is 34.0 Å². The average molecular weight is 659 g/mol. The predicted octanol–water partition coefficient (Wildman–Crippen LogP) is 6.47. The molecular formula is C30H30ClF7N6O. The van der Waals surface area contributed by atoms with E-state index in [1.807, 2.05) is 4.90 Å². The largest absolute Gasteiger partial charge is 0.461 e. The Morgan fingerprint density at radius 3 is 2.40 bits per heavy atom. The third kappa shape index (κ3) is 5.52. The van der Waals surface area contributed by atoms with E-state index in [9.17, 15) is 30.7 Å². The normalized spacial score (nSPS) is 27.0. The van der Waals surface area contributed by atoms with E-state index < -0.39 is 46.4 Å². The predicted molar refractivity (Wildman–Crippen MR) is 155 cm³/mol. The maximum Gasteiger partial charge on any atom is 0.417 e. The van der Waals surface area contributed by atoms with E-state index in [0.29, 0.717) is 37.3 Å². The Balaban J connectivity index is 1.36. The molecule has 45 heavy (non-hydrogen) atoms. The minimum atomic E-state index is -5.38. The number of fused-ring (bicyclic) bond motifs is 4. The van der Waals surface area contributed by atoms with Gasteiger partial charge in [-0.2, -0.15) is 36.3 Å². The number of benzene rings is 2. The van der Waals surface area contributed by atoms with E-state index >= 15 is 0 Å². The quantitative estimate of drug-likeness (QED) is 0.241. The van der Waals surface area contributed by atoms with Gasteiger partial charge < -0.3 is 20.7 Å². The smallest absolute Gasteiger partial charge is 0.417 e. The second-order valence-electron chi connectivity index (χ2n) is 12.6. The zero-order valence-corrected chi connectivity index (χ0v) is 24.7. The Morgan fingerprint density at radius 2 is 1.71 bits per heavy atom. The summed E-state index contributed by atoms with van der Waals surface area (Å²) >= 11 is 6.57. The van der Waals surface area contributed by atoms with Crippen molar-refractivity contribution in [1.29, 1.82) is 0 Å². The first-order valence-electron chi connectivity index (χ1n) is 14.8. The molecule has 0 amide bonds. The molecule has 0 saturated carbocycles. The maximum atomic E-state index is 14.4. The first-order valence-corrected chi connectivity index (χ1v) is 15.2. The van der Waals surface area contributed by atoms with Crippen molar-refractivity contribution in [3.63, 3.8) is 0 Å². The maximum absolute atomic E-state index is 14.4. The van der Waals surface area contributed by atoms with Crippen LogP contribution in [0.15, 0.2) is 24.3 Å². The minimum absolute atomic E-state index is 0.0558. The molecule has 1 aromatic heterocycles. The van der Waals surface area contributed by atoms with Crippen LogP contribution in [0.25, 0.3) is 22.0 Å². The molecular weight excluding hydrogens is 629 g/mol. The van der Waals surface area contributed by atoms with Crippen LogP contribution in [0, 0.1) is 0 Å². The van der Waals surface area contributed by atoms with Gasteiger partial charge in [0.1, 0.15) is 18.6 Å². The van der Waals surface area contributed by atoms with Crippen molar-refractivity contribution < 1.29 is 35.5 Å². The van der Waals surface area contributed by atoms with E-state index in [-0.39, 0.29) is 46.9 Å². The summed E-state index contributed by atoms with van der Waals surface area (Å²) in [5.41, 5.74) is -0.109. The van der Waals surface area contributed by atoms with Gasteiger partial charge in [0, 0.05) is 59.8 Å². The number of hydrogen-bond donors (Lipinski definition) is 2. The third-order valence-corrected chi connectivity index (χ3v) is 9.84. The van der Waals surface area contributed by atoms with Gasteiger partial charge in [-0.05, 0) is 62.1 Å². The van der Waals surface area contributed by atoms with Crippen molar-refractivity contribution in [1.82, 2.24) is 20.2 Å². The average Bonchev–Trinajstić information content (AvgIpc) is 3.60. The Kier molecular flexibility index (Phi) is 7.28. The van der Waals surface area contributed by atoms with Crippen LogP contribution in [0.4, 0.5) is 42.2 Å². The summed E-state index contributed by atoms with van der Waals surface area (Å²) in [6.45, 7) is 2.39. The highest BCUT2D eigenvalue weighted by atomic mass is 35.5. The van der Waals surface area contributed by atoms with Gasteiger partial charge in [0.2, 0.25) is 0 Å². The fraction of sp³-hybridized carbons (Fsp3) is 0.533. The second kappa shape index (κ2) is 10.7. The molecule has 0 spiro atoms. The van der Waals surface area contributed by atoms with Crippen LogP contribution in [-0.2, 0) is 12.4 Å². The molecule has 2 aromatic carbocycles. The molecule has 3 N–H and O–H groups in total. The van der Waals surface area contributed by atoms with Crippen LogP contribution in [0.5, 0.6) is 6.01 Å². The number of piperazine rings is 1. The molecule has 15 heteroatoms.